The molecule has 0 spiro atoms. The van der Waals surface area contributed by atoms with Crippen molar-refractivity contribution in [1.29, 1.82) is 5.26 Å². The fourth-order valence-electron chi connectivity index (χ4n) is 5.60. The zero-order valence-corrected chi connectivity index (χ0v) is 23.8. The summed E-state index contributed by atoms with van der Waals surface area (Å²) >= 11 is 0. The topological polar surface area (TPSA) is 117 Å². The SMILES string of the molecule is CC(C)(C)OC(=O)N1C2CCCC(C2)C[C@H]1C(=O)N[C@H](C#N)Cc1ccc(-c2ccc(S(C)(=O)=O)cc2)cc1. The lowest BCUT2D eigenvalue weighted by molar-refractivity contribution is -0.131. The number of ether oxygens (including phenoxy) is 1. The third-order valence-corrected chi connectivity index (χ3v) is 8.56. The van der Waals surface area contributed by atoms with E-state index in [9.17, 15) is 23.3 Å². The molecule has 1 N–H and O–H groups in total. The molecule has 208 valence electrons. The van der Waals surface area contributed by atoms with Gasteiger partial charge in [-0.25, -0.2) is 13.2 Å². The van der Waals surface area contributed by atoms with E-state index in [1.165, 1.54) is 6.26 Å². The minimum atomic E-state index is -3.26. The summed E-state index contributed by atoms with van der Waals surface area (Å²) in [5, 5.41) is 12.7. The van der Waals surface area contributed by atoms with Gasteiger partial charge in [0.05, 0.1) is 11.0 Å². The lowest BCUT2D eigenvalue weighted by Gasteiger charge is -2.47. The van der Waals surface area contributed by atoms with Crippen molar-refractivity contribution in [3.05, 3.63) is 54.1 Å². The van der Waals surface area contributed by atoms with E-state index in [0.29, 0.717) is 18.8 Å². The van der Waals surface area contributed by atoms with Gasteiger partial charge >= 0.3 is 6.09 Å². The molecule has 2 bridgehead atoms. The summed E-state index contributed by atoms with van der Waals surface area (Å²) in [6.07, 6.45) is 5.42. The first-order valence-corrected chi connectivity index (χ1v) is 15.3. The molecule has 1 saturated heterocycles. The summed E-state index contributed by atoms with van der Waals surface area (Å²) in [4.78, 5) is 28.5. The number of nitrogens with one attached hydrogen (secondary N) is 1. The van der Waals surface area contributed by atoms with E-state index in [4.69, 9.17) is 4.74 Å². The van der Waals surface area contributed by atoms with E-state index in [2.05, 4.69) is 11.4 Å². The summed E-state index contributed by atoms with van der Waals surface area (Å²) in [5.41, 5.74) is 2.01. The molecule has 1 aliphatic heterocycles. The number of carbonyl (C=O) groups is 2. The number of fused-ring (bicyclic) bond motifs is 2. The van der Waals surface area contributed by atoms with E-state index in [1.54, 1.807) is 29.2 Å². The number of amides is 2. The van der Waals surface area contributed by atoms with Gasteiger partial charge in [0.2, 0.25) is 5.91 Å². The van der Waals surface area contributed by atoms with Crippen molar-refractivity contribution in [1.82, 2.24) is 10.2 Å². The molecule has 2 fully saturated rings. The molecular weight excluding hydrogens is 514 g/mol. The monoisotopic (exact) mass is 551 g/mol. The van der Waals surface area contributed by atoms with Crippen molar-refractivity contribution in [3.63, 3.8) is 0 Å². The highest BCUT2D eigenvalue weighted by atomic mass is 32.2. The molecule has 1 heterocycles. The van der Waals surface area contributed by atoms with Crippen molar-refractivity contribution in [2.24, 2.45) is 5.92 Å². The number of nitrogens with zero attached hydrogens (tertiary/aromatic N) is 2. The first kappa shape index (κ1) is 28.6. The number of benzene rings is 2. The Hall–Kier alpha value is -3.38. The maximum Gasteiger partial charge on any atom is 0.411 e. The second-order valence-corrected chi connectivity index (χ2v) is 13.7. The standard InChI is InChI=1S/C30H37N3O5S/c1-30(2,3)38-29(35)33-25-7-5-6-21(17-25)18-27(33)28(34)32-24(19-31)16-20-8-10-22(11-9-20)23-12-14-26(15-13-23)39(4,36)37/h8-15,21,24-25,27H,5-7,16-18H2,1-4H3,(H,32,34)/t21?,24-,25?,27-/m0/s1. The minimum Gasteiger partial charge on any atom is -0.444 e. The molecule has 9 heteroatoms. The number of nitriles is 1. The molecule has 1 aliphatic carbocycles. The van der Waals surface area contributed by atoms with Crippen molar-refractivity contribution < 1.29 is 22.7 Å². The molecule has 2 aromatic carbocycles. The van der Waals surface area contributed by atoms with Crippen molar-refractivity contribution >= 4 is 21.8 Å². The molecule has 2 aromatic rings. The van der Waals surface area contributed by atoms with E-state index < -0.39 is 33.6 Å². The van der Waals surface area contributed by atoms with Crippen LogP contribution in [0.2, 0.25) is 0 Å². The molecule has 39 heavy (non-hydrogen) atoms. The van der Waals surface area contributed by atoms with Crippen LogP contribution in [0.1, 0.15) is 58.4 Å². The molecule has 0 radical (unpaired) electrons. The van der Waals surface area contributed by atoms with E-state index >= 15 is 0 Å². The zero-order valence-electron chi connectivity index (χ0n) is 23.0. The molecule has 4 atom stereocenters. The average molecular weight is 552 g/mol. The first-order chi connectivity index (χ1) is 18.3. The second kappa shape index (κ2) is 11.4. The quantitative estimate of drug-likeness (QED) is 0.547. The summed E-state index contributed by atoms with van der Waals surface area (Å²) in [5.74, 6) is 0.0735. The van der Waals surface area contributed by atoms with Crippen LogP contribution in [-0.2, 0) is 25.8 Å². The maximum atomic E-state index is 13.5. The number of hydrogen-bond donors (Lipinski definition) is 1. The molecular formula is C30H37N3O5S. The van der Waals surface area contributed by atoms with Crippen LogP contribution in [0.25, 0.3) is 11.1 Å². The van der Waals surface area contributed by atoms with Crippen molar-refractivity contribution in [2.75, 3.05) is 6.26 Å². The number of piperidine rings is 1. The van der Waals surface area contributed by atoms with Crippen LogP contribution >= 0.6 is 0 Å². The Morgan fingerprint density at radius 1 is 1.05 bits per heavy atom. The highest BCUT2D eigenvalue weighted by Gasteiger charge is 2.45. The Labute approximate surface area is 231 Å². The Balaban J connectivity index is 1.44. The fraction of sp³-hybridized carbons (Fsp3) is 0.500. The predicted molar refractivity (Wildman–Crippen MR) is 148 cm³/mol. The van der Waals surface area contributed by atoms with Crippen LogP contribution in [0.5, 0.6) is 0 Å². The van der Waals surface area contributed by atoms with Gasteiger partial charge in [-0.05, 0) is 74.8 Å². The summed E-state index contributed by atoms with van der Waals surface area (Å²) in [7, 11) is -3.26. The first-order valence-electron chi connectivity index (χ1n) is 13.4. The molecule has 4 rings (SSSR count). The van der Waals surface area contributed by atoms with Crippen molar-refractivity contribution in [2.45, 2.75) is 87.9 Å². The van der Waals surface area contributed by atoms with Gasteiger partial charge < -0.3 is 10.1 Å². The Kier molecular flexibility index (Phi) is 8.36. The number of hydrogen-bond acceptors (Lipinski definition) is 6. The highest BCUT2D eigenvalue weighted by Crippen LogP contribution is 2.38. The highest BCUT2D eigenvalue weighted by molar-refractivity contribution is 7.90. The zero-order chi connectivity index (χ0) is 28.4. The maximum absolute atomic E-state index is 13.5. The van der Waals surface area contributed by atoms with Crippen LogP contribution < -0.4 is 5.32 Å². The average Bonchev–Trinajstić information content (AvgIpc) is 2.87. The predicted octanol–water partition coefficient (Wildman–Crippen LogP) is 4.88. The third-order valence-electron chi connectivity index (χ3n) is 7.43. The van der Waals surface area contributed by atoms with E-state index in [0.717, 1.165) is 42.4 Å². The van der Waals surface area contributed by atoms with Crippen LogP contribution in [0, 0.1) is 17.2 Å². The lowest BCUT2D eigenvalue weighted by Crippen LogP contribution is -2.60. The second-order valence-electron chi connectivity index (χ2n) is 11.7. The van der Waals surface area contributed by atoms with E-state index in [-0.39, 0.29) is 16.8 Å². The molecule has 2 amide bonds. The van der Waals surface area contributed by atoms with Gasteiger partial charge in [0.1, 0.15) is 17.7 Å². The van der Waals surface area contributed by atoms with Gasteiger partial charge in [0.25, 0.3) is 0 Å². The molecule has 0 aromatic heterocycles. The van der Waals surface area contributed by atoms with Gasteiger partial charge in [-0.2, -0.15) is 5.26 Å². The van der Waals surface area contributed by atoms with Gasteiger partial charge in [-0.15, -0.1) is 0 Å². The number of carbonyl (C=O) groups excluding carboxylic acids is 2. The molecule has 2 aliphatic rings. The van der Waals surface area contributed by atoms with Crippen molar-refractivity contribution in [3.8, 4) is 17.2 Å². The summed E-state index contributed by atoms with van der Waals surface area (Å²) in [6, 6.07) is 15.1. The van der Waals surface area contributed by atoms with Crippen LogP contribution in [0.4, 0.5) is 4.79 Å². The Morgan fingerprint density at radius 2 is 1.67 bits per heavy atom. The number of rotatable bonds is 6. The van der Waals surface area contributed by atoms with Gasteiger partial charge in [0.15, 0.2) is 9.84 Å². The minimum absolute atomic E-state index is 0.0253. The molecule has 8 nitrogen and oxygen atoms in total. The normalized spacial score (nSPS) is 21.9. The molecule has 1 saturated carbocycles. The largest absolute Gasteiger partial charge is 0.444 e. The number of likely N-dealkylation sites (tertiary alicyclic amines) is 1. The van der Waals surface area contributed by atoms with Gasteiger partial charge in [0, 0.05) is 18.7 Å². The Morgan fingerprint density at radius 3 is 2.23 bits per heavy atom. The third kappa shape index (κ3) is 7.18. The summed E-state index contributed by atoms with van der Waals surface area (Å²) < 4.78 is 29.1. The number of sulfone groups is 1. The summed E-state index contributed by atoms with van der Waals surface area (Å²) in [6.45, 7) is 5.44. The van der Waals surface area contributed by atoms with Crippen LogP contribution in [-0.4, -0.2) is 55.3 Å². The fourth-order valence-corrected chi connectivity index (χ4v) is 6.23. The van der Waals surface area contributed by atoms with Gasteiger partial charge in [-0.3, -0.25) is 9.69 Å². The van der Waals surface area contributed by atoms with Crippen LogP contribution in [0.15, 0.2) is 53.4 Å². The van der Waals surface area contributed by atoms with Gasteiger partial charge in [-0.1, -0.05) is 49.2 Å². The molecule has 2 unspecified atom stereocenters. The van der Waals surface area contributed by atoms with E-state index in [1.807, 2.05) is 45.0 Å². The van der Waals surface area contributed by atoms with Crippen LogP contribution in [0.3, 0.4) is 0 Å². The Bertz CT molecular complexity index is 1340. The lowest BCUT2D eigenvalue weighted by atomic mass is 9.76. The smallest absolute Gasteiger partial charge is 0.411 e.